The number of thiophene rings is 1. The number of benzene rings is 1. The zero-order chi connectivity index (χ0) is 20.0. The lowest BCUT2D eigenvalue weighted by Crippen LogP contribution is -2.13. The Kier molecular flexibility index (Phi) is 7.41. The maximum Gasteiger partial charge on any atom is 0.348 e. The van der Waals surface area contributed by atoms with Crippen LogP contribution in [0.1, 0.15) is 35.0 Å². The molecule has 0 unspecified atom stereocenters. The molecule has 0 saturated carbocycles. The van der Waals surface area contributed by atoms with E-state index in [-0.39, 0.29) is 36.0 Å². The smallest absolute Gasteiger partial charge is 0.348 e. The van der Waals surface area contributed by atoms with Crippen molar-refractivity contribution in [3.8, 4) is 0 Å². The molecule has 0 bridgehead atoms. The quantitative estimate of drug-likeness (QED) is 0.638. The molecule has 0 fully saturated rings. The van der Waals surface area contributed by atoms with Crippen molar-refractivity contribution in [2.24, 2.45) is 0 Å². The first kappa shape index (κ1) is 21.4. The number of hydrogen-bond acceptors (Lipinski definition) is 6. The van der Waals surface area contributed by atoms with Gasteiger partial charge in [-0.1, -0.05) is 11.6 Å². The number of ether oxygens (including phenoxy) is 1. The number of esters is 1. The molecule has 1 aromatic heterocycles. The summed E-state index contributed by atoms with van der Waals surface area (Å²) in [6, 6.07) is 7.62. The summed E-state index contributed by atoms with van der Waals surface area (Å²) in [6.45, 7) is 3.76. The molecule has 0 spiro atoms. The molecule has 2 aromatic rings. The van der Waals surface area contributed by atoms with Crippen LogP contribution in [0.2, 0.25) is 5.02 Å². The zero-order valence-electron chi connectivity index (χ0n) is 15.0. The third-order valence-corrected chi connectivity index (χ3v) is 6.83. The minimum Gasteiger partial charge on any atom is -0.462 e. The summed E-state index contributed by atoms with van der Waals surface area (Å²) in [5.74, 6) is -0.868. The van der Waals surface area contributed by atoms with Crippen LogP contribution in [0, 0.1) is 6.92 Å². The van der Waals surface area contributed by atoms with Gasteiger partial charge >= 0.3 is 5.97 Å². The largest absolute Gasteiger partial charge is 0.462 e. The summed E-state index contributed by atoms with van der Waals surface area (Å²) >= 11 is 6.89. The molecule has 9 heteroatoms. The molecule has 0 radical (unpaired) electrons. The third kappa shape index (κ3) is 6.05. The van der Waals surface area contributed by atoms with Gasteiger partial charge in [-0.25, -0.2) is 13.2 Å². The van der Waals surface area contributed by atoms with Gasteiger partial charge in [-0.15, -0.1) is 11.3 Å². The molecule has 146 valence electrons. The molecule has 6 nitrogen and oxygen atoms in total. The van der Waals surface area contributed by atoms with Gasteiger partial charge in [0.25, 0.3) is 0 Å². The van der Waals surface area contributed by atoms with Crippen molar-refractivity contribution < 1.29 is 22.7 Å². The molecule has 0 aliphatic carbocycles. The highest BCUT2D eigenvalue weighted by Crippen LogP contribution is 2.27. The minimum atomic E-state index is -3.46. The topological polar surface area (TPSA) is 89.5 Å². The maximum absolute atomic E-state index is 12.2. The van der Waals surface area contributed by atoms with Gasteiger partial charge in [0, 0.05) is 11.4 Å². The normalized spacial score (nSPS) is 11.2. The highest BCUT2D eigenvalue weighted by atomic mass is 35.5. The second-order valence-electron chi connectivity index (χ2n) is 5.77. The van der Waals surface area contributed by atoms with E-state index in [1.807, 2.05) is 0 Å². The molecule has 27 heavy (non-hydrogen) atoms. The first-order valence-electron chi connectivity index (χ1n) is 8.28. The predicted molar refractivity (Wildman–Crippen MR) is 106 cm³/mol. The average molecular weight is 430 g/mol. The molecule has 0 atom stereocenters. The van der Waals surface area contributed by atoms with Crippen molar-refractivity contribution in [3.05, 3.63) is 45.8 Å². The van der Waals surface area contributed by atoms with Gasteiger partial charge in [-0.3, -0.25) is 4.79 Å². The van der Waals surface area contributed by atoms with Crippen LogP contribution < -0.4 is 5.32 Å². The summed E-state index contributed by atoms with van der Waals surface area (Å²) in [6.07, 6.45) is 0.240. The Labute approximate surface area is 167 Å². The van der Waals surface area contributed by atoms with E-state index in [4.69, 9.17) is 16.3 Å². The van der Waals surface area contributed by atoms with Crippen LogP contribution >= 0.6 is 22.9 Å². The van der Waals surface area contributed by atoms with Crippen LogP contribution in [0.5, 0.6) is 0 Å². The highest BCUT2D eigenvalue weighted by Gasteiger charge is 2.17. The molecule has 1 aromatic carbocycles. The van der Waals surface area contributed by atoms with Crippen molar-refractivity contribution in [2.75, 3.05) is 17.7 Å². The molecule has 2 rings (SSSR count). The van der Waals surface area contributed by atoms with E-state index in [2.05, 4.69) is 5.32 Å². The predicted octanol–water partition coefficient (Wildman–Crippen LogP) is 4.08. The van der Waals surface area contributed by atoms with Crippen molar-refractivity contribution in [1.29, 1.82) is 0 Å². The van der Waals surface area contributed by atoms with E-state index in [0.717, 1.165) is 16.9 Å². The number of sulfone groups is 1. The molecule has 0 aliphatic rings. The van der Waals surface area contributed by atoms with Gasteiger partial charge in [-0.05, 0) is 56.2 Å². The summed E-state index contributed by atoms with van der Waals surface area (Å²) < 4.78 is 29.4. The fourth-order valence-corrected chi connectivity index (χ4v) is 4.74. The summed E-state index contributed by atoms with van der Waals surface area (Å²) in [5.41, 5.74) is 0.721. The molecule has 1 amide bonds. The second kappa shape index (κ2) is 9.34. The second-order valence-corrected chi connectivity index (χ2v) is 9.37. The van der Waals surface area contributed by atoms with Gasteiger partial charge in [0.05, 0.1) is 22.3 Å². The average Bonchev–Trinajstić information content (AvgIpc) is 2.95. The SMILES string of the molecule is CCOC(=O)c1sc(NC(=O)CCCS(=O)(=O)c2ccc(Cl)cc2)cc1C. The van der Waals surface area contributed by atoms with Crippen molar-refractivity contribution in [1.82, 2.24) is 0 Å². The Hall–Kier alpha value is -1.90. The van der Waals surface area contributed by atoms with Crippen LogP contribution in [0.4, 0.5) is 5.00 Å². The number of hydrogen-bond donors (Lipinski definition) is 1. The Balaban J connectivity index is 1.88. The summed E-state index contributed by atoms with van der Waals surface area (Å²) in [7, 11) is -3.46. The maximum atomic E-state index is 12.2. The number of anilines is 1. The molecular weight excluding hydrogens is 410 g/mol. The van der Waals surface area contributed by atoms with Gasteiger partial charge in [0.15, 0.2) is 9.84 Å². The van der Waals surface area contributed by atoms with Crippen LogP contribution in [-0.4, -0.2) is 32.7 Å². The molecular formula is C18H20ClNO5S2. The number of carbonyl (C=O) groups excluding carboxylic acids is 2. The number of rotatable bonds is 8. The lowest BCUT2D eigenvalue weighted by molar-refractivity contribution is -0.116. The summed E-state index contributed by atoms with van der Waals surface area (Å²) in [5, 5.41) is 3.68. The monoisotopic (exact) mass is 429 g/mol. The van der Waals surface area contributed by atoms with Crippen molar-refractivity contribution >= 4 is 49.7 Å². The lowest BCUT2D eigenvalue weighted by Gasteiger charge is -2.05. The summed E-state index contributed by atoms with van der Waals surface area (Å²) in [4.78, 5) is 24.5. The molecule has 1 N–H and O–H groups in total. The van der Waals surface area contributed by atoms with Crippen LogP contribution in [-0.2, 0) is 19.4 Å². The number of halogens is 1. The molecule has 1 heterocycles. The first-order valence-corrected chi connectivity index (χ1v) is 11.1. The van der Waals surface area contributed by atoms with Crippen LogP contribution in [0.3, 0.4) is 0 Å². The van der Waals surface area contributed by atoms with Crippen molar-refractivity contribution in [3.63, 3.8) is 0 Å². The van der Waals surface area contributed by atoms with E-state index >= 15 is 0 Å². The zero-order valence-corrected chi connectivity index (χ0v) is 17.3. The minimum absolute atomic E-state index is 0.0541. The van der Waals surface area contributed by atoms with E-state index in [1.165, 1.54) is 24.3 Å². The van der Waals surface area contributed by atoms with E-state index in [0.29, 0.717) is 14.9 Å². The highest BCUT2D eigenvalue weighted by molar-refractivity contribution is 7.91. The van der Waals surface area contributed by atoms with E-state index in [1.54, 1.807) is 19.9 Å². The Morgan fingerprint density at radius 1 is 1.22 bits per heavy atom. The number of aryl methyl sites for hydroxylation is 1. The Morgan fingerprint density at radius 3 is 2.52 bits per heavy atom. The lowest BCUT2D eigenvalue weighted by atomic mass is 10.3. The molecule has 0 saturated heterocycles. The van der Waals surface area contributed by atoms with Gasteiger partial charge < -0.3 is 10.1 Å². The van der Waals surface area contributed by atoms with Gasteiger partial charge in [-0.2, -0.15) is 0 Å². The number of amides is 1. The first-order chi connectivity index (χ1) is 12.7. The van der Waals surface area contributed by atoms with E-state index in [9.17, 15) is 18.0 Å². The Bertz CT molecular complexity index is 920. The standard InChI is InChI=1S/C18H20ClNO5S2/c1-3-25-18(22)17-12(2)11-16(26-17)20-15(21)5-4-10-27(23,24)14-8-6-13(19)7-9-14/h6-9,11H,3-5,10H2,1-2H3,(H,20,21). The van der Waals surface area contributed by atoms with Gasteiger partial charge in [0.2, 0.25) is 5.91 Å². The van der Waals surface area contributed by atoms with E-state index < -0.39 is 15.8 Å². The fraction of sp³-hybridized carbons (Fsp3) is 0.333. The van der Waals surface area contributed by atoms with Crippen molar-refractivity contribution in [2.45, 2.75) is 31.6 Å². The number of carbonyl (C=O) groups is 2. The third-order valence-electron chi connectivity index (χ3n) is 3.63. The van der Waals surface area contributed by atoms with Crippen LogP contribution in [0.15, 0.2) is 35.2 Å². The fourth-order valence-electron chi connectivity index (χ4n) is 2.33. The number of nitrogens with one attached hydrogen (secondary N) is 1. The molecule has 0 aliphatic heterocycles. The Morgan fingerprint density at radius 2 is 1.89 bits per heavy atom. The van der Waals surface area contributed by atoms with Crippen LogP contribution in [0.25, 0.3) is 0 Å². The van der Waals surface area contributed by atoms with Gasteiger partial charge in [0.1, 0.15) is 4.88 Å².